The van der Waals surface area contributed by atoms with E-state index in [1.165, 1.54) is 0 Å². The van der Waals surface area contributed by atoms with Crippen LogP contribution in [-0.4, -0.2) is 37.7 Å². The topological polar surface area (TPSA) is 115 Å². The van der Waals surface area contributed by atoms with Crippen molar-refractivity contribution in [2.24, 2.45) is 12.8 Å². The summed E-state index contributed by atoms with van der Waals surface area (Å²) in [6, 6.07) is 13.8. The maximum atomic E-state index is 12.6. The van der Waals surface area contributed by atoms with E-state index in [4.69, 9.17) is 17.3 Å². The quantitative estimate of drug-likeness (QED) is 0.303. The highest BCUT2D eigenvalue weighted by Gasteiger charge is 2.20. The molecule has 194 valence electrons. The Morgan fingerprint density at radius 1 is 1.18 bits per heavy atom. The van der Waals surface area contributed by atoms with E-state index in [1.807, 2.05) is 25.4 Å². The van der Waals surface area contributed by atoms with Crippen molar-refractivity contribution < 1.29 is 4.79 Å². The number of fused-ring (bicyclic) bond motifs is 1. The van der Waals surface area contributed by atoms with Gasteiger partial charge in [-0.2, -0.15) is 5.10 Å². The Morgan fingerprint density at radius 3 is 2.76 bits per heavy atom. The second-order valence-corrected chi connectivity index (χ2v) is 9.92. The highest BCUT2D eigenvalue weighted by Crippen LogP contribution is 2.29. The molecule has 2 aromatic carbocycles. The number of nitrogens with zero attached hydrogens (tertiary/aromatic N) is 5. The number of anilines is 2. The van der Waals surface area contributed by atoms with Gasteiger partial charge in [0.05, 0.1) is 24.2 Å². The van der Waals surface area contributed by atoms with Gasteiger partial charge in [-0.15, -0.1) is 0 Å². The van der Waals surface area contributed by atoms with Crippen LogP contribution >= 0.6 is 0 Å². The number of nitrogens with one attached hydrogen (secondary N) is 2. The number of carbonyl (C=O) groups is 1. The molecule has 0 aliphatic heterocycles. The first-order valence-corrected chi connectivity index (χ1v) is 13.0. The van der Waals surface area contributed by atoms with Gasteiger partial charge in [0.2, 0.25) is 11.9 Å². The van der Waals surface area contributed by atoms with Crippen LogP contribution in [0, 0.1) is 6.57 Å². The molecule has 9 heteroatoms. The van der Waals surface area contributed by atoms with Crippen molar-refractivity contribution in [3.05, 3.63) is 71.2 Å². The molecule has 5 rings (SSSR count). The fourth-order valence-electron chi connectivity index (χ4n) is 5.06. The molecule has 0 radical (unpaired) electrons. The van der Waals surface area contributed by atoms with E-state index < -0.39 is 0 Å². The van der Waals surface area contributed by atoms with Crippen molar-refractivity contribution in [3.8, 4) is 11.3 Å². The maximum absolute atomic E-state index is 12.6. The summed E-state index contributed by atoms with van der Waals surface area (Å²) >= 11 is 0. The van der Waals surface area contributed by atoms with E-state index in [9.17, 15) is 4.79 Å². The summed E-state index contributed by atoms with van der Waals surface area (Å²) in [5.74, 6) is 0.959. The first-order valence-electron chi connectivity index (χ1n) is 13.0. The van der Waals surface area contributed by atoms with E-state index in [0.717, 1.165) is 65.4 Å². The highest BCUT2D eigenvalue weighted by atomic mass is 16.1. The molecule has 2 aromatic heterocycles. The number of benzene rings is 2. The van der Waals surface area contributed by atoms with Crippen molar-refractivity contribution in [3.63, 3.8) is 0 Å². The molecule has 1 aliphatic rings. The van der Waals surface area contributed by atoms with Crippen molar-refractivity contribution in [2.45, 2.75) is 57.5 Å². The van der Waals surface area contributed by atoms with Crippen LogP contribution in [0.1, 0.15) is 43.7 Å². The van der Waals surface area contributed by atoms with Gasteiger partial charge in [-0.3, -0.25) is 9.48 Å². The second-order valence-electron chi connectivity index (χ2n) is 9.92. The summed E-state index contributed by atoms with van der Waals surface area (Å²) in [4.78, 5) is 25.5. The summed E-state index contributed by atoms with van der Waals surface area (Å²) in [5.41, 5.74) is 11.3. The molecule has 1 fully saturated rings. The van der Waals surface area contributed by atoms with Gasteiger partial charge in [0.1, 0.15) is 0 Å². The monoisotopic (exact) mass is 508 g/mol. The average Bonchev–Trinajstić information content (AvgIpc) is 3.28. The zero-order valence-electron chi connectivity index (χ0n) is 21.7. The molecule has 1 saturated carbocycles. The van der Waals surface area contributed by atoms with E-state index in [1.54, 1.807) is 22.9 Å². The Hall–Kier alpha value is -4.29. The zero-order chi connectivity index (χ0) is 26.6. The molecule has 0 spiro atoms. The van der Waals surface area contributed by atoms with Crippen molar-refractivity contribution >= 4 is 34.3 Å². The van der Waals surface area contributed by atoms with Crippen LogP contribution in [0.4, 0.5) is 17.5 Å². The minimum atomic E-state index is -0.182. The average molecular weight is 509 g/mol. The minimum absolute atomic E-state index is 0.173. The molecule has 4 aromatic rings. The standard InChI is InChI=1S/C29H32N8O/c1-4-19-14-20(15-21-17-32-29(35-28(19)21)33-23-10-8-22(30)9-11-23)25-16-26(36-37(25)3)34-27(38)13-18-6-5-7-24(12-18)31-2/h5-7,12,14-17,22-23H,4,8-11,13,30H2,1,3H3,(H,32,33,35)(H,34,36,38). The molecule has 4 N–H and O–H groups in total. The van der Waals surface area contributed by atoms with Crippen molar-refractivity contribution in [1.82, 2.24) is 19.7 Å². The summed E-state index contributed by atoms with van der Waals surface area (Å²) < 4.78 is 1.76. The molecule has 0 atom stereocenters. The molecular formula is C29H32N8O. The number of aromatic nitrogens is 4. The SMILES string of the molecule is [C-]#[N+]c1cccc(CC(=O)Nc2cc(-c3cc(CC)c4nc(NC5CCC(N)CC5)ncc4c3)n(C)n2)c1. The van der Waals surface area contributed by atoms with Gasteiger partial charge in [-0.1, -0.05) is 31.2 Å². The number of hydrogen-bond donors (Lipinski definition) is 3. The molecular weight excluding hydrogens is 476 g/mol. The summed E-state index contributed by atoms with van der Waals surface area (Å²) in [7, 11) is 1.86. The van der Waals surface area contributed by atoms with Gasteiger partial charge < -0.3 is 16.4 Å². The summed E-state index contributed by atoms with van der Waals surface area (Å²) in [6.45, 7) is 9.27. The number of aryl methyl sites for hydroxylation is 2. The number of rotatable bonds is 7. The zero-order valence-corrected chi connectivity index (χ0v) is 21.7. The predicted octanol–water partition coefficient (Wildman–Crippen LogP) is 5.01. The largest absolute Gasteiger partial charge is 0.351 e. The number of carbonyl (C=O) groups excluding carboxylic acids is 1. The Morgan fingerprint density at radius 2 is 2.00 bits per heavy atom. The number of amides is 1. The van der Waals surface area contributed by atoms with Gasteiger partial charge >= 0.3 is 0 Å². The van der Waals surface area contributed by atoms with Gasteiger partial charge in [-0.05, 0) is 55.4 Å². The van der Waals surface area contributed by atoms with Gasteiger partial charge in [-0.25, -0.2) is 14.8 Å². The molecule has 0 bridgehead atoms. The predicted molar refractivity (Wildman–Crippen MR) is 150 cm³/mol. The van der Waals surface area contributed by atoms with E-state index in [2.05, 4.69) is 44.6 Å². The van der Waals surface area contributed by atoms with Crippen LogP contribution in [0.15, 0.2) is 48.7 Å². The summed E-state index contributed by atoms with van der Waals surface area (Å²) in [6.07, 6.45) is 6.99. The third-order valence-corrected chi connectivity index (χ3v) is 7.10. The Bertz CT molecular complexity index is 1510. The molecule has 1 aliphatic carbocycles. The van der Waals surface area contributed by atoms with E-state index >= 15 is 0 Å². The first kappa shape index (κ1) is 25.4. The van der Waals surface area contributed by atoms with Crippen molar-refractivity contribution in [1.29, 1.82) is 0 Å². The lowest BCUT2D eigenvalue weighted by Crippen LogP contribution is -2.33. The van der Waals surface area contributed by atoms with Crippen LogP contribution in [0.5, 0.6) is 0 Å². The molecule has 0 unspecified atom stereocenters. The third kappa shape index (κ3) is 5.66. The Kier molecular flexibility index (Phi) is 7.33. The molecule has 9 nitrogen and oxygen atoms in total. The molecule has 1 amide bonds. The van der Waals surface area contributed by atoms with Gasteiger partial charge in [0.15, 0.2) is 11.5 Å². The van der Waals surface area contributed by atoms with E-state index in [0.29, 0.717) is 29.5 Å². The lowest BCUT2D eigenvalue weighted by molar-refractivity contribution is -0.115. The highest BCUT2D eigenvalue weighted by molar-refractivity contribution is 5.92. The minimum Gasteiger partial charge on any atom is -0.351 e. The smallest absolute Gasteiger partial charge is 0.229 e. The van der Waals surface area contributed by atoms with Gasteiger partial charge in [0, 0.05) is 42.3 Å². The second kappa shape index (κ2) is 11.0. The Labute approximate surface area is 222 Å². The summed E-state index contributed by atoms with van der Waals surface area (Å²) in [5, 5.41) is 11.9. The maximum Gasteiger partial charge on any atom is 0.229 e. The van der Waals surface area contributed by atoms with Crippen molar-refractivity contribution in [2.75, 3.05) is 10.6 Å². The lowest BCUT2D eigenvalue weighted by atomic mass is 9.92. The van der Waals surface area contributed by atoms with Crippen LogP contribution in [0.25, 0.3) is 27.0 Å². The van der Waals surface area contributed by atoms with Crippen LogP contribution in [-0.2, 0) is 24.7 Å². The fraction of sp³-hybridized carbons (Fsp3) is 0.345. The van der Waals surface area contributed by atoms with Crippen LogP contribution in [0.3, 0.4) is 0 Å². The normalized spacial score (nSPS) is 17.2. The number of nitrogens with two attached hydrogens (primary N) is 1. The Balaban J connectivity index is 1.34. The van der Waals surface area contributed by atoms with Gasteiger partial charge in [0.25, 0.3) is 0 Å². The first-order chi connectivity index (χ1) is 18.4. The number of hydrogen-bond acceptors (Lipinski definition) is 6. The molecule has 0 saturated heterocycles. The van der Waals surface area contributed by atoms with E-state index in [-0.39, 0.29) is 12.3 Å². The van der Waals surface area contributed by atoms with Crippen LogP contribution < -0.4 is 16.4 Å². The third-order valence-electron chi connectivity index (χ3n) is 7.10. The lowest BCUT2D eigenvalue weighted by Gasteiger charge is -2.26. The fourth-order valence-corrected chi connectivity index (χ4v) is 5.06. The molecule has 2 heterocycles. The molecule has 38 heavy (non-hydrogen) atoms. The van der Waals surface area contributed by atoms with Crippen LogP contribution in [0.2, 0.25) is 0 Å².